The van der Waals surface area contributed by atoms with Crippen LogP contribution < -0.4 is 52.6 Å². The molecule has 4 atom stereocenters. The van der Waals surface area contributed by atoms with Crippen LogP contribution in [0, 0.1) is 29.1 Å². The molecule has 9 N–H and O–H groups in total. The molecule has 8 amide bonds. The number of thioether (sulfide) groups is 1. The summed E-state index contributed by atoms with van der Waals surface area (Å²) >= 11 is 1.89. The molecule has 3 aliphatic rings. The minimum Gasteiger partial charge on any atom is -0.484 e. The van der Waals surface area contributed by atoms with Crippen molar-refractivity contribution in [1.29, 1.82) is 0 Å². The third-order valence-electron chi connectivity index (χ3n) is 16.2. The van der Waals surface area contributed by atoms with Crippen molar-refractivity contribution in [2.75, 3.05) is 144 Å². The third-order valence-corrected chi connectivity index (χ3v) is 17.7. The summed E-state index contributed by atoms with van der Waals surface area (Å²) in [6, 6.07) is 5.20. The molecule has 3 heterocycles. The molecule has 0 spiro atoms. The van der Waals surface area contributed by atoms with Crippen molar-refractivity contribution in [3.8, 4) is 5.75 Å². The maximum Gasteiger partial charge on any atom is 0.315 e. The van der Waals surface area contributed by atoms with Crippen LogP contribution in [0.1, 0.15) is 129 Å². The number of ether oxygens (including phenoxy) is 9. The smallest absolute Gasteiger partial charge is 0.315 e. The van der Waals surface area contributed by atoms with Crippen LogP contribution in [-0.2, 0) is 73.1 Å². The van der Waals surface area contributed by atoms with E-state index in [1.54, 1.807) is 24.3 Å². The van der Waals surface area contributed by atoms with Crippen LogP contribution in [0.4, 0.5) is 26.7 Å². The molecule has 3 aliphatic heterocycles. The molecule has 0 aliphatic carbocycles. The van der Waals surface area contributed by atoms with Gasteiger partial charge in [0.25, 0.3) is 5.91 Å². The lowest BCUT2D eigenvalue weighted by Gasteiger charge is -2.46. The number of benzene rings is 2. The first-order chi connectivity index (χ1) is 48.1. The monoisotopic (exact) mass is 1440 g/mol. The van der Waals surface area contributed by atoms with Gasteiger partial charge in [-0.1, -0.05) is 31.4 Å². The summed E-state index contributed by atoms with van der Waals surface area (Å²) in [4.78, 5) is 87.3. The molecule has 0 saturated carbocycles. The third kappa shape index (κ3) is 35.1. The fourth-order valence-electron chi connectivity index (χ4n) is 11.6. The number of unbranched alkanes of at least 4 members (excludes halogenated alkanes) is 5. The molecule has 100 heavy (non-hydrogen) atoms. The van der Waals surface area contributed by atoms with Crippen LogP contribution in [0.25, 0.3) is 6.08 Å². The minimum absolute atomic E-state index is 0.0232. The Labute approximate surface area is 588 Å². The molecule has 2 aromatic rings. The second-order valence-corrected chi connectivity index (χ2v) is 27.1. The molecule has 3 fully saturated rings. The summed E-state index contributed by atoms with van der Waals surface area (Å²) in [7, 11) is 0. The van der Waals surface area contributed by atoms with E-state index in [4.69, 9.17) is 42.6 Å². The molecule has 0 aromatic heterocycles. The second kappa shape index (κ2) is 47.8. The number of carbonyl (C=O) groups excluding carboxylic acids is 7. The first-order valence-corrected chi connectivity index (χ1v) is 35.8. The Morgan fingerprint density at radius 2 is 0.970 bits per heavy atom. The number of carbonyl (C=O) groups is 7. The molecule has 1 unspecified atom stereocenters. The Morgan fingerprint density at radius 3 is 1.45 bits per heavy atom. The van der Waals surface area contributed by atoms with Gasteiger partial charge in [0, 0.05) is 86.1 Å². The predicted molar refractivity (Wildman–Crippen MR) is 365 cm³/mol. The molecular formula is C69H106F5N9O16S. The molecule has 3 saturated heterocycles. The van der Waals surface area contributed by atoms with Crippen molar-refractivity contribution >= 4 is 59.3 Å². The Bertz CT molecular complexity index is 2790. The van der Waals surface area contributed by atoms with Crippen LogP contribution >= 0.6 is 11.8 Å². The summed E-state index contributed by atoms with van der Waals surface area (Å²) in [5.74, 6) is -11.6. The number of halogens is 5. The van der Waals surface area contributed by atoms with Crippen LogP contribution in [0.15, 0.2) is 30.3 Å². The fourth-order valence-corrected chi connectivity index (χ4v) is 13.1. The first-order valence-electron chi connectivity index (χ1n) is 34.8. The average Bonchev–Trinajstić information content (AvgIpc) is 1.71. The highest BCUT2D eigenvalue weighted by atomic mass is 32.2. The molecule has 31 heteroatoms. The highest BCUT2D eigenvalue weighted by Crippen LogP contribution is 2.33. The molecular weight excluding hydrogens is 1340 g/mol. The predicted octanol–water partition coefficient (Wildman–Crippen LogP) is 5.37. The number of urea groups is 1. The number of nitrogens with one attached hydrogen (secondary N) is 9. The number of amides is 8. The van der Waals surface area contributed by atoms with E-state index < -0.39 is 58.4 Å². The second-order valence-electron chi connectivity index (χ2n) is 25.8. The average molecular weight is 1440 g/mol. The Hall–Kier alpha value is -6.29. The highest BCUT2D eigenvalue weighted by Gasteiger charge is 2.43. The zero-order chi connectivity index (χ0) is 72.4. The van der Waals surface area contributed by atoms with Gasteiger partial charge in [0.2, 0.25) is 35.4 Å². The number of rotatable bonds is 54. The number of piperidine rings is 1. The normalized spacial score (nSPS) is 17.3. The van der Waals surface area contributed by atoms with E-state index in [9.17, 15) is 55.5 Å². The van der Waals surface area contributed by atoms with Crippen LogP contribution in [0.5, 0.6) is 5.75 Å². The van der Waals surface area contributed by atoms with Gasteiger partial charge < -0.3 is 90.5 Å². The van der Waals surface area contributed by atoms with Gasteiger partial charge in [-0.15, -0.1) is 0 Å². The standard InChI is InChI=1S/C69H106F5N9O16S/c1-68(2)44-49(45-69(3,4)83-68)79-66(89)52(80-58(87)22-21-51-60(70)62(72)64(74)63(73)61(51)71)43-48-17-19-50(20-18-48)99-46-59(88)78-26-28-92-30-32-94-34-36-96-38-40-98-42-41-97-39-37-95-35-33-93-31-29-91-27-25-77-57(86)15-8-6-12-23-75-55(84)14-7-5-11-24-76-56(85)16-10-9-13-54-65-53(47-100-54)81-67(90)82-65/h17-22,49,52-54,65,83H,5-16,23-47H2,1-4H3,(H,75,84)(H,76,85)(H,77,86)(H,78,88)(H,79,89)(H,80,87)(H2,81,82,90)/t52?,53-,54-,65-/m0/s1. The summed E-state index contributed by atoms with van der Waals surface area (Å²) in [6.45, 7) is 15.6. The molecule has 5 rings (SSSR count). The van der Waals surface area contributed by atoms with Crippen LogP contribution in [-0.4, -0.2) is 226 Å². The Balaban J connectivity index is 0.729. The van der Waals surface area contributed by atoms with E-state index in [0.29, 0.717) is 180 Å². The van der Waals surface area contributed by atoms with Gasteiger partial charge in [0.05, 0.1) is 123 Å². The number of hydrogen-bond acceptors (Lipinski definition) is 18. The lowest BCUT2D eigenvalue weighted by atomic mass is 9.79. The summed E-state index contributed by atoms with van der Waals surface area (Å²) in [6.07, 6.45) is 11.1. The van der Waals surface area contributed by atoms with Gasteiger partial charge in [-0.25, -0.2) is 26.7 Å². The van der Waals surface area contributed by atoms with Gasteiger partial charge in [-0.2, -0.15) is 11.8 Å². The number of fused-ring (bicyclic) bond motifs is 1. The van der Waals surface area contributed by atoms with Crippen molar-refractivity contribution in [2.24, 2.45) is 0 Å². The number of hydrogen-bond donors (Lipinski definition) is 9. The van der Waals surface area contributed by atoms with Crippen molar-refractivity contribution in [3.05, 3.63) is 70.6 Å². The fraction of sp³-hybridized carbons (Fsp3) is 0.696. The van der Waals surface area contributed by atoms with Gasteiger partial charge in [-0.3, -0.25) is 28.8 Å². The zero-order valence-corrected chi connectivity index (χ0v) is 59.2. The van der Waals surface area contributed by atoms with E-state index in [0.717, 1.165) is 63.5 Å². The van der Waals surface area contributed by atoms with E-state index in [1.807, 2.05) is 39.5 Å². The lowest BCUT2D eigenvalue weighted by molar-refractivity contribution is -0.128. The molecule has 564 valence electrons. The highest BCUT2D eigenvalue weighted by molar-refractivity contribution is 8.00. The van der Waals surface area contributed by atoms with E-state index in [2.05, 4.69) is 47.9 Å². The van der Waals surface area contributed by atoms with E-state index >= 15 is 0 Å². The van der Waals surface area contributed by atoms with E-state index in [1.165, 1.54) is 0 Å². The van der Waals surface area contributed by atoms with E-state index in [-0.39, 0.29) is 79.1 Å². The zero-order valence-electron chi connectivity index (χ0n) is 58.3. The van der Waals surface area contributed by atoms with Crippen LogP contribution in [0.3, 0.4) is 0 Å². The molecule has 25 nitrogen and oxygen atoms in total. The maximum atomic E-state index is 14.3. The SMILES string of the molecule is CC1(C)CC(NC(=O)C(Cc2ccc(OCC(=O)NCCOCCOCCOCCOCCOCCOCCOCCOCCNC(=O)CCCCCNC(=O)CCCCCNC(=O)CCCC[C@@H]3SC[C@@H]4NC(=O)N[C@@H]43)cc2)NC(=O)C=Cc2c(F)c(F)c(F)c(F)c2F)CC(C)(C)N1. The van der Waals surface area contributed by atoms with Crippen molar-refractivity contribution in [2.45, 2.75) is 165 Å². The Morgan fingerprint density at radius 1 is 0.540 bits per heavy atom. The summed E-state index contributed by atoms with van der Waals surface area (Å²) in [5, 5.41) is 26.9. The maximum absolute atomic E-state index is 14.3. The van der Waals surface area contributed by atoms with Crippen LogP contribution in [0.2, 0.25) is 0 Å². The van der Waals surface area contributed by atoms with Crippen molar-refractivity contribution in [3.63, 3.8) is 0 Å². The summed E-state index contributed by atoms with van der Waals surface area (Å²) in [5.41, 5.74) is -1.43. The van der Waals surface area contributed by atoms with Gasteiger partial charge >= 0.3 is 6.03 Å². The first kappa shape index (κ1) is 84.4. The molecule has 0 radical (unpaired) electrons. The lowest BCUT2D eigenvalue weighted by Crippen LogP contribution is -2.63. The Kier molecular flexibility index (Phi) is 40.3. The largest absolute Gasteiger partial charge is 0.484 e. The molecule has 2 aromatic carbocycles. The van der Waals surface area contributed by atoms with Gasteiger partial charge in [0.15, 0.2) is 29.9 Å². The minimum atomic E-state index is -2.34. The van der Waals surface area contributed by atoms with Crippen molar-refractivity contribution in [1.82, 2.24) is 47.9 Å². The van der Waals surface area contributed by atoms with Crippen molar-refractivity contribution < 1.29 is 98.1 Å². The topological polar surface area (TPSA) is 311 Å². The van der Waals surface area contributed by atoms with Gasteiger partial charge in [0.1, 0.15) is 11.8 Å². The van der Waals surface area contributed by atoms with Gasteiger partial charge in [-0.05, 0) is 103 Å². The summed E-state index contributed by atoms with van der Waals surface area (Å²) < 4.78 is 120. The quantitative estimate of drug-likeness (QED) is 0.0100. The molecule has 0 bridgehead atoms.